The Morgan fingerprint density at radius 3 is 2.50 bits per heavy atom. The molecule has 2 rings (SSSR count). The molecule has 2 nitrogen and oxygen atoms in total. The van der Waals surface area contributed by atoms with E-state index < -0.39 is 0 Å². The zero-order valence-corrected chi connectivity index (χ0v) is 10.9. The van der Waals surface area contributed by atoms with Crippen molar-refractivity contribution in [3.05, 3.63) is 22.2 Å². The lowest BCUT2D eigenvalue weighted by Crippen LogP contribution is -2.34. The second-order valence-electron chi connectivity index (χ2n) is 4.53. The van der Waals surface area contributed by atoms with Crippen molar-refractivity contribution in [3.63, 3.8) is 0 Å². The van der Waals surface area contributed by atoms with Crippen LogP contribution in [0.1, 0.15) is 19.8 Å². The van der Waals surface area contributed by atoms with E-state index >= 15 is 0 Å². The molecule has 0 amide bonds. The zero-order chi connectivity index (χ0) is 11.7. The second kappa shape index (κ2) is 4.72. The van der Waals surface area contributed by atoms with E-state index in [4.69, 9.17) is 28.9 Å². The van der Waals surface area contributed by atoms with Crippen molar-refractivity contribution >= 4 is 34.6 Å². The molecule has 1 atom stereocenters. The lowest BCUT2D eigenvalue weighted by molar-refractivity contribution is 0.447. The minimum atomic E-state index is 0.615. The summed E-state index contributed by atoms with van der Waals surface area (Å²) in [6.07, 6.45) is 2.47. The van der Waals surface area contributed by atoms with Crippen LogP contribution in [0.15, 0.2) is 12.1 Å². The highest BCUT2D eigenvalue weighted by Crippen LogP contribution is 2.37. The zero-order valence-electron chi connectivity index (χ0n) is 9.34. The summed E-state index contributed by atoms with van der Waals surface area (Å²) in [6.45, 7) is 4.29. The third kappa shape index (κ3) is 2.38. The highest BCUT2D eigenvalue weighted by molar-refractivity contribution is 6.39. The van der Waals surface area contributed by atoms with Gasteiger partial charge < -0.3 is 10.6 Å². The van der Waals surface area contributed by atoms with Crippen LogP contribution in [-0.4, -0.2) is 13.1 Å². The Kier molecular flexibility index (Phi) is 3.50. The molecular weight excluding hydrogens is 243 g/mol. The molecule has 88 valence electrons. The fraction of sp³-hybridized carbons (Fsp3) is 0.500. The van der Waals surface area contributed by atoms with Crippen molar-refractivity contribution in [1.29, 1.82) is 0 Å². The topological polar surface area (TPSA) is 29.3 Å². The first kappa shape index (κ1) is 11.9. The molecule has 0 aromatic heterocycles. The first-order valence-corrected chi connectivity index (χ1v) is 6.33. The van der Waals surface area contributed by atoms with Crippen LogP contribution >= 0.6 is 23.2 Å². The van der Waals surface area contributed by atoms with E-state index in [0.717, 1.165) is 18.8 Å². The molecule has 0 bridgehead atoms. The fourth-order valence-corrected chi connectivity index (χ4v) is 3.02. The van der Waals surface area contributed by atoms with Crippen LogP contribution in [0, 0.1) is 5.92 Å². The van der Waals surface area contributed by atoms with E-state index in [1.807, 2.05) is 0 Å². The predicted octanol–water partition coefficient (Wildman–Crippen LogP) is 3.81. The van der Waals surface area contributed by atoms with Crippen LogP contribution in [0.5, 0.6) is 0 Å². The van der Waals surface area contributed by atoms with Crippen molar-refractivity contribution in [2.45, 2.75) is 19.8 Å². The number of hydrogen-bond donors (Lipinski definition) is 1. The standard InChI is InChI=1S/C12H16Cl2N2/c1-8-3-2-4-16(7-8)12-10(13)5-9(15)6-11(12)14/h5-6,8H,2-4,7,15H2,1H3/t8-/m0/s1. The first-order chi connectivity index (χ1) is 7.58. The third-order valence-corrected chi connectivity index (χ3v) is 3.59. The van der Waals surface area contributed by atoms with Gasteiger partial charge in [0.05, 0.1) is 15.7 Å². The number of piperidine rings is 1. The van der Waals surface area contributed by atoms with Crippen LogP contribution in [0.4, 0.5) is 11.4 Å². The van der Waals surface area contributed by atoms with Gasteiger partial charge in [0, 0.05) is 18.8 Å². The maximum absolute atomic E-state index is 6.21. The molecule has 0 aliphatic carbocycles. The minimum absolute atomic E-state index is 0.615. The van der Waals surface area contributed by atoms with Crippen LogP contribution in [-0.2, 0) is 0 Å². The van der Waals surface area contributed by atoms with Crippen molar-refractivity contribution < 1.29 is 0 Å². The van der Waals surface area contributed by atoms with Gasteiger partial charge in [0.2, 0.25) is 0 Å². The monoisotopic (exact) mass is 258 g/mol. The first-order valence-electron chi connectivity index (χ1n) is 5.57. The molecule has 0 unspecified atom stereocenters. The Labute approximate surface area is 106 Å². The molecular formula is C12H16Cl2N2. The van der Waals surface area contributed by atoms with E-state index in [0.29, 0.717) is 21.7 Å². The van der Waals surface area contributed by atoms with Gasteiger partial charge in [-0.05, 0) is 30.9 Å². The van der Waals surface area contributed by atoms with Crippen LogP contribution in [0.3, 0.4) is 0 Å². The van der Waals surface area contributed by atoms with Crippen molar-refractivity contribution in [1.82, 2.24) is 0 Å². The van der Waals surface area contributed by atoms with Gasteiger partial charge in [-0.25, -0.2) is 0 Å². The molecule has 1 aromatic rings. The average Bonchev–Trinajstić information content (AvgIpc) is 2.15. The third-order valence-electron chi connectivity index (χ3n) is 3.01. The number of halogens is 2. The van der Waals surface area contributed by atoms with Crippen LogP contribution in [0.2, 0.25) is 10.0 Å². The Bertz CT molecular complexity index is 370. The van der Waals surface area contributed by atoms with Crippen LogP contribution in [0.25, 0.3) is 0 Å². The van der Waals surface area contributed by atoms with E-state index in [9.17, 15) is 0 Å². The van der Waals surface area contributed by atoms with Crippen molar-refractivity contribution in [2.24, 2.45) is 5.92 Å². The van der Waals surface area contributed by atoms with Gasteiger partial charge in [0.15, 0.2) is 0 Å². The van der Waals surface area contributed by atoms with E-state index in [1.165, 1.54) is 12.8 Å². The summed E-state index contributed by atoms with van der Waals surface area (Å²) in [6, 6.07) is 3.53. The highest BCUT2D eigenvalue weighted by Gasteiger charge is 2.20. The van der Waals surface area contributed by atoms with E-state index in [1.54, 1.807) is 12.1 Å². The maximum atomic E-state index is 6.21. The molecule has 1 aromatic carbocycles. The minimum Gasteiger partial charge on any atom is -0.399 e. The molecule has 2 N–H and O–H groups in total. The molecule has 0 spiro atoms. The van der Waals surface area contributed by atoms with Crippen LogP contribution < -0.4 is 10.6 Å². The fourth-order valence-electron chi connectivity index (χ4n) is 2.28. The number of anilines is 2. The maximum Gasteiger partial charge on any atom is 0.0746 e. The van der Waals surface area contributed by atoms with Gasteiger partial charge >= 0.3 is 0 Å². The summed E-state index contributed by atoms with van der Waals surface area (Å²) in [7, 11) is 0. The number of nitrogens with zero attached hydrogens (tertiary/aromatic N) is 1. The van der Waals surface area contributed by atoms with Gasteiger partial charge in [-0.3, -0.25) is 0 Å². The number of rotatable bonds is 1. The van der Waals surface area contributed by atoms with E-state index in [2.05, 4.69) is 11.8 Å². The van der Waals surface area contributed by atoms with Gasteiger partial charge in [0.1, 0.15) is 0 Å². The molecule has 16 heavy (non-hydrogen) atoms. The Morgan fingerprint density at radius 1 is 1.31 bits per heavy atom. The smallest absolute Gasteiger partial charge is 0.0746 e. The summed E-state index contributed by atoms with van der Waals surface area (Å²) in [4.78, 5) is 2.26. The molecule has 1 aliphatic heterocycles. The van der Waals surface area contributed by atoms with Gasteiger partial charge in [-0.2, -0.15) is 0 Å². The van der Waals surface area contributed by atoms with Crippen molar-refractivity contribution in [3.8, 4) is 0 Å². The molecule has 1 heterocycles. The quantitative estimate of drug-likeness (QED) is 0.777. The number of hydrogen-bond acceptors (Lipinski definition) is 2. The molecule has 1 aliphatic rings. The summed E-state index contributed by atoms with van der Waals surface area (Å²) in [5.74, 6) is 0.693. The lowest BCUT2D eigenvalue weighted by Gasteiger charge is -2.34. The van der Waals surface area contributed by atoms with Crippen molar-refractivity contribution in [2.75, 3.05) is 23.7 Å². The second-order valence-corrected chi connectivity index (χ2v) is 5.34. The van der Waals surface area contributed by atoms with Gasteiger partial charge in [-0.1, -0.05) is 30.1 Å². The Morgan fingerprint density at radius 2 is 1.94 bits per heavy atom. The number of nitrogen functional groups attached to an aromatic ring is 1. The normalized spacial score (nSPS) is 21.2. The molecule has 1 saturated heterocycles. The largest absolute Gasteiger partial charge is 0.399 e. The summed E-state index contributed by atoms with van der Waals surface area (Å²) in [5, 5.41) is 1.30. The van der Waals surface area contributed by atoms with Gasteiger partial charge in [0.25, 0.3) is 0 Å². The molecule has 0 saturated carbocycles. The summed E-state index contributed by atoms with van der Waals surface area (Å²) >= 11 is 12.4. The SMILES string of the molecule is C[C@H]1CCCN(c2c(Cl)cc(N)cc2Cl)C1. The number of nitrogens with two attached hydrogens (primary N) is 1. The molecule has 0 radical (unpaired) electrons. The molecule has 4 heteroatoms. The van der Waals surface area contributed by atoms with Gasteiger partial charge in [-0.15, -0.1) is 0 Å². The predicted molar refractivity (Wildman–Crippen MR) is 71.5 cm³/mol. The summed E-state index contributed by atoms with van der Waals surface area (Å²) in [5.41, 5.74) is 7.25. The summed E-state index contributed by atoms with van der Waals surface area (Å²) < 4.78 is 0. The lowest BCUT2D eigenvalue weighted by atomic mass is 10.00. The Balaban J connectivity index is 2.32. The number of benzene rings is 1. The highest BCUT2D eigenvalue weighted by atomic mass is 35.5. The van der Waals surface area contributed by atoms with E-state index in [-0.39, 0.29) is 0 Å². The Hall–Kier alpha value is -0.600. The average molecular weight is 259 g/mol. The molecule has 1 fully saturated rings.